The molecule has 0 aromatic carbocycles. The molecule has 0 saturated carbocycles. The summed E-state index contributed by atoms with van der Waals surface area (Å²) in [6.45, 7) is 3.60. The minimum atomic E-state index is -4.13. The molecule has 2 nitrogen and oxygen atoms in total. The lowest BCUT2D eigenvalue weighted by Gasteiger charge is -2.40. The fraction of sp³-hybridized carbons (Fsp3) is 1.00. The Kier molecular flexibility index (Phi) is 3.66. The van der Waals surface area contributed by atoms with Crippen molar-refractivity contribution in [3.05, 3.63) is 0 Å². The van der Waals surface area contributed by atoms with Gasteiger partial charge in [0.25, 0.3) is 0 Å². The van der Waals surface area contributed by atoms with Gasteiger partial charge in [-0.3, -0.25) is 4.90 Å². The predicted molar refractivity (Wildman–Crippen MR) is 51.5 cm³/mol. The molecule has 1 aliphatic rings. The molecular weight excluding hydrogens is 207 g/mol. The molecule has 0 aliphatic carbocycles. The summed E-state index contributed by atoms with van der Waals surface area (Å²) in [6, 6.07) is 0. The molecule has 90 valence electrons. The van der Waals surface area contributed by atoms with E-state index in [1.54, 1.807) is 0 Å². The third kappa shape index (κ3) is 3.65. The van der Waals surface area contributed by atoms with Crippen LogP contribution in [-0.4, -0.2) is 41.4 Å². The van der Waals surface area contributed by atoms with Gasteiger partial charge in [0.15, 0.2) is 0 Å². The summed E-state index contributed by atoms with van der Waals surface area (Å²) in [5, 5.41) is 10.1. The van der Waals surface area contributed by atoms with Crippen LogP contribution in [0.3, 0.4) is 0 Å². The second-order valence-corrected chi connectivity index (χ2v) is 4.65. The molecule has 5 heteroatoms. The number of piperidine rings is 1. The van der Waals surface area contributed by atoms with Crippen molar-refractivity contribution >= 4 is 0 Å². The zero-order chi connectivity index (χ0) is 11.7. The molecule has 15 heavy (non-hydrogen) atoms. The molecular formula is C10H18F3NO. The Hall–Kier alpha value is -0.290. The lowest BCUT2D eigenvalue weighted by molar-refractivity contribution is -0.156. The molecule has 0 bridgehead atoms. The van der Waals surface area contributed by atoms with Crippen LogP contribution < -0.4 is 0 Å². The Morgan fingerprint density at radius 3 is 2.07 bits per heavy atom. The number of halogens is 3. The predicted octanol–water partition coefficient (Wildman–Crippen LogP) is 2.03. The van der Waals surface area contributed by atoms with Crippen molar-refractivity contribution in [3.8, 4) is 0 Å². The Bertz CT molecular complexity index is 207. The Labute approximate surface area is 88.1 Å². The van der Waals surface area contributed by atoms with Gasteiger partial charge in [0.2, 0.25) is 0 Å². The Morgan fingerprint density at radius 2 is 1.73 bits per heavy atom. The van der Waals surface area contributed by atoms with E-state index in [9.17, 15) is 18.3 Å². The lowest BCUT2D eigenvalue weighted by Crippen LogP contribution is -2.49. The number of hydrogen-bond donors (Lipinski definition) is 1. The van der Waals surface area contributed by atoms with Crippen LogP contribution in [-0.2, 0) is 0 Å². The summed E-state index contributed by atoms with van der Waals surface area (Å²) in [7, 11) is 0. The maximum atomic E-state index is 12.1. The average molecular weight is 225 g/mol. The molecule has 1 heterocycles. The number of alkyl halides is 3. The van der Waals surface area contributed by atoms with E-state index in [4.69, 9.17) is 0 Å². The molecule has 0 aromatic rings. The van der Waals surface area contributed by atoms with Crippen molar-refractivity contribution in [1.82, 2.24) is 4.90 Å². The number of hydrogen-bond acceptors (Lipinski definition) is 2. The number of aliphatic hydroxyl groups is 1. The van der Waals surface area contributed by atoms with E-state index < -0.39 is 18.3 Å². The standard InChI is InChI=1S/C10H18F3NO/c1-8(2)9(15)3-5-14(6-4-9)7-10(11,12)13/h8,15H,3-7H2,1-2H3. The van der Waals surface area contributed by atoms with E-state index in [0.717, 1.165) is 0 Å². The third-order valence-corrected chi connectivity index (χ3v) is 3.20. The van der Waals surface area contributed by atoms with Gasteiger partial charge in [-0.1, -0.05) is 13.8 Å². The average Bonchev–Trinajstić information content (AvgIpc) is 2.07. The monoisotopic (exact) mass is 225 g/mol. The molecule has 1 N–H and O–H groups in total. The topological polar surface area (TPSA) is 23.5 Å². The van der Waals surface area contributed by atoms with Crippen molar-refractivity contribution in [3.63, 3.8) is 0 Å². The van der Waals surface area contributed by atoms with Gasteiger partial charge < -0.3 is 5.11 Å². The third-order valence-electron chi connectivity index (χ3n) is 3.20. The lowest BCUT2D eigenvalue weighted by atomic mass is 9.81. The molecule has 0 amide bonds. The summed E-state index contributed by atoms with van der Waals surface area (Å²) in [5.74, 6) is 0.102. The first-order chi connectivity index (χ1) is 6.73. The van der Waals surface area contributed by atoms with Crippen molar-refractivity contribution in [1.29, 1.82) is 0 Å². The van der Waals surface area contributed by atoms with Gasteiger partial charge in [0.1, 0.15) is 0 Å². The van der Waals surface area contributed by atoms with E-state index in [1.807, 2.05) is 13.8 Å². The van der Waals surface area contributed by atoms with Gasteiger partial charge in [0.05, 0.1) is 12.1 Å². The van der Waals surface area contributed by atoms with Gasteiger partial charge in [-0.05, 0) is 18.8 Å². The van der Waals surface area contributed by atoms with Crippen LogP contribution in [0.25, 0.3) is 0 Å². The number of nitrogens with zero attached hydrogens (tertiary/aromatic N) is 1. The van der Waals surface area contributed by atoms with E-state index in [-0.39, 0.29) is 5.92 Å². The smallest absolute Gasteiger partial charge is 0.390 e. The summed E-state index contributed by atoms with van der Waals surface area (Å²) >= 11 is 0. The number of likely N-dealkylation sites (tertiary alicyclic amines) is 1. The normalized spacial score (nSPS) is 23.4. The van der Waals surface area contributed by atoms with E-state index in [1.165, 1.54) is 4.90 Å². The van der Waals surface area contributed by atoms with Gasteiger partial charge in [-0.15, -0.1) is 0 Å². The van der Waals surface area contributed by atoms with Gasteiger partial charge >= 0.3 is 6.18 Å². The quantitative estimate of drug-likeness (QED) is 0.777. The maximum absolute atomic E-state index is 12.1. The molecule has 0 radical (unpaired) electrons. The Morgan fingerprint density at radius 1 is 1.27 bits per heavy atom. The van der Waals surface area contributed by atoms with Crippen LogP contribution in [0.15, 0.2) is 0 Å². The van der Waals surface area contributed by atoms with Crippen LogP contribution in [0, 0.1) is 5.92 Å². The molecule has 0 unspecified atom stereocenters. The van der Waals surface area contributed by atoms with Gasteiger partial charge in [0, 0.05) is 13.1 Å². The van der Waals surface area contributed by atoms with Crippen molar-refractivity contribution in [2.75, 3.05) is 19.6 Å². The first kappa shape index (κ1) is 12.8. The summed E-state index contributed by atoms with van der Waals surface area (Å²) in [6.07, 6.45) is -3.27. The molecule has 1 aliphatic heterocycles. The molecule has 0 aromatic heterocycles. The van der Waals surface area contributed by atoms with Crippen LogP contribution >= 0.6 is 0 Å². The first-order valence-electron chi connectivity index (χ1n) is 5.24. The minimum Gasteiger partial charge on any atom is -0.390 e. The van der Waals surface area contributed by atoms with Crippen LogP contribution in [0.2, 0.25) is 0 Å². The largest absolute Gasteiger partial charge is 0.401 e. The highest BCUT2D eigenvalue weighted by molar-refractivity contribution is 4.88. The van der Waals surface area contributed by atoms with Crippen molar-refractivity contribution in [2.24, 2.45) is 5.92 Å². The second kappa shape index (κ2) is 4.29. The zero-order valence-corrected chi connectivity index (χ0v) is 9.14. The highest BCUT2D eigenvalue weighted by atomic mass is 19.4. The highest BCUT2D eigenvalue weighted by Crippen LogP contribution is 2.30. The van der Waals surface area contributed by atoms with Crippen LogP contribution in [0.5, 0.6) is 0 Å². The molecule has 1 rings (SSSR count). The first-order valence-corrected chi connectivity index (χ1v) is 5.24. The molecule has 0 atom stereocenters. The molecule has 1 saturated heterocycles. The maximum Gasteiger partial charge on any atom is 0.401 e. The van der Waals surface area contributed by atoms with Crippen molar-refractivity contribution in [2.45, 2.75) is 38.5 Å². The Balaban J connectivity index is 2.43. The fourth-order valence-corrected chi connectivity index (χ4v) is 1.93. The van der Waals surface area contributed by atoms with Crippen LogP contribution in [0.1, 0.15) is 26.7 Å². The van der Waals surface area contributed by atoms with Gasteiger partial charge in [-0.25, -0.2) is 0 Å². The molecule has 0 spiro atoms. The van der Waals surface area contributed by atoms with Crippen LogP contribution in [0.4, 0.5) is 13.2 Å². The van der Waals surface area contributed by atoms with Gasteiger partial charge in [-0.2, -0.15) is 13.2 Å². The summed E-state index contributed by atoms with van der Waals surface area (Å²) in [4.78, 5) is 1.36. The fourth-order valence-electron chi connectivity index (χ4n) is 1.93. The van der Waals surface area contributed by atoms with E-state index in [0.29, 0.717) is 25.9 Å². The van der Waals surface area contributed by atoms with E-state index >= 15 is 0 Å². The zero-order valence-electron chi connectivity index (χ0n) is 9.14. The highest BCUT2D eigenvalue weighted by Gasteiger charge is 2.38. The second-order valence-electron chi connectivity index (χ2n) is 4.65. The van der Waals surface area contributed by atoms with E-state index in [2.05, 4.69) is 0 Å². The molecule has 1 fully saturated rings. The number of rotatable bonds is 2. The summed E-state index contributed by atoms with van der Waals surface area (Å²) < 4.78 is 36.3. The summed E-state index contributed by atoms with van der Waals surface area (Å²) in [5.41, 5.74) is -0.776. The minimum absolute atomic E-state index is 0.102. The SMILES string of the molecule is CC(C)C1(O)CCN(CC(F)(F)F)CC1. The van der Waals surface area contributed by atoms with Crippen molar-refractivity contribution < 1.29 is 18.3 Å².